The van der Waals surface area contributed by atoms with Crippen molar-refractivity contribution >= 4 is 15.9 Å². The summed E-state index contributed by atoms with van der Waals surface area (Å²) in [6, 6.07) is 6.76. The molecule has 1 saturated carbocycles. The minimum Gasteiger partial charge on any atom is -0.324 e. The zero-order valence-corrected chi connectivity index (χ0v) is 11.8. The number of rotatable bonds is 3. The number of nitrogens with zero attached hydrogens (tertiary/aromatic N) is 3. The van der Waals surface area contributed by atoms with Crippen LogP contribution in [-0.2, 0) is 6.54 Å². The van der Waals surface area contributed by atoms with Gasteiger partial charge in [-0.3, -0.25) is 0 Å². The van der Waals surface area contributed by atoms with Crippen molar-refractivity contribution in [2.75, 3.05) is 0 Å². The van der Waals surface area contributed by atoms with Gasteiger partial charge < -0.3 is 10.3 Å². The highest BCUT2D eigenvalue weighted by Crippen LogP contribution is 2.39. The third kappa shape index (κ3) is 1.97. The van der Waals surface area contributed by atoms with E-state index in [1.54, 1.807) is 0 Å². The molecule has 0 atom stereocenters. The second-order valence-corrected chi connectivity index (χ2v) is 5.62. The molecule has 3 rings (SSSR count). The Morgan fingerprint density at radius 2 is 2.17 bits per heavy atom. The first kappa shape index (κ1) is 11.9. The van der Waals surface area contributed by atoms with E-state index in [1.165, 1.54) is 18.4 Å². The van der Waals surface area contributed by atoms with Crippen LogP contribution in [0.1, 0.15) is 30.3 Å². The molecule has 0 bridgehead atoms. The largest absolute Gasteiger partial charge is 0.324 e. The van der Waals surface area contributed by atoms with Crippen LogP contribution < -0.4 is 5.73 Å². The molecule has 18 heavy (non-hydrogen) atoms. The zero-order chi connectivity index (χ0) is 12.7. The average Bonchev–Trinajstić information content (AvgIpc) is 3.12. The number of hydrogen-bond donors (Lipinski definition) is 1. The summed E-state index contributed by atoms with van der Waals surface area (Å²) in [4.78, 5) is 0. The molecule has 1 fully saturated rings. The van der Waals surface area contributed by atoms with Gasteiger partial charge in [0, 0.05) is 16.1 Å². The van der Waals surface area contributed by atoms with Gasteiger partial charge in [-0.2, -0.15) is 0 Å². The van der Waals surface area contributed by atoms with E-state index < -0.39 is 0 Å². The van der Waals surface area contributed by atoms with E-state index in [9.17, 15) is 0 Å². The van der Waals surface area contributed by atoms with Crippen LogP contribution >= 0.6 is 15.9 Å². The average molecular weight is 307 g/mol. The van der Waals surface area contributed by atoms with Gasteiger partial charge in [-0.25, -0.2) is 0 Å². The number of hydrogen-bond acceptors (Lipinski definition) is 3. The highest BCUT2D eigenvalue weighted by molar-refractivity contribution is 9.10. The lowest BCUT2D eigenvalue weighted by atomic mass is 10.1. The molecule has 2 N–H and O–H groups in total. The Hall–Kier alpha value is -1.20. The summed E-state index contributed by atoms with van der Waals surface area (Å²) in [5, 5.41) is 8.55. The number of halogens is 1. The molecule has 0 radical (unpaired) electrons. The molecule has 1 heterocycles. The molecule has 0 amide bonds. The van der Waals surface area contributed by atoms with Gasteiger partial charge in [0.25, 0.3) is 0 Å². The van der Waals surface area contributed by atoms with Gasteiger partial charge in [-0.15, -0.1) is 10.2 Å². The summed E-state index contributed by atoms with van der Waals surface area (Å²) < 4.78 is 3.26. The molecular weight excluding hydrogens is 292 g/mol. The van der Waals surface area contributed by atoms with Crippen LogP contribution in [0.5, 0.6) is 0 Å². The Morgan fingerprint density at radius 3 is 2.83 bits per heavy atom. The van der Waals surface area contributed by atoms with Crippen molar-refractivity contribution in [2.24, 2.45) is 5.73 Å². The normalized spacial score (nSPS) is 15.1. The summed E-state index contributed by atoms with van der Waals surface area (Å²) in [5.74, 6) is 1.82. The fraction of sp³-hybridized carbons (Fsp3) is 0.385. The minimum atomic E-state index is 0.441. The number of benzene rings is 1. The molecule has 0 spiro atoms. The van der Waals surface area contributed by atoms with E-state index in [-0.39, 0.29) is 0 Å². The lowest BCUT2D eigenvalue weighted by molar-refractivity contribution is 0.687. The molecule has 0 unspecified atom stereocenters. The summed E-state index contributed by atoms with van der Waals surface area (Å²) in [5.41, 5.74) is 8.08. The molecule has 1 aliphatic carbocycles. The molecule has 2 aromatic rings. The van der Waals surface area contributed by atoms with Gasteiger partial charge in [-0.05, 0) is 37.5 Å². The summed E-state index contributed by atoms with van der Waals surface area (Å²) in [6.45, 7) is 2.53. The van der Waals surface area contributed by atoms with Crippen molar-refractivity contribution in [1.82, 2.24) is 14.8 Å². The van der Waals surface area contributed by atoms with Gasteiger partial charge in [0.2, 0.25) is 0 Å². The summed E-state index contributed by atoms with van der Waals surface area (Å²) in [7, 11) is 0. The smallest absolute Gasteiger partial charge is 0.164 e. The van der Waals surface area contributed by atoms with E-state index in [2.05, 4.69) is 49.8 Å². The third-order valence-corrected chi connectivity index (χ3v) is 3.79. The fourth-order valence-corrected chi connectivity index (χ4v) is 2.56. The number of aryl methyl sites for hydroxylation is 1. The molecule has 1 aromatic carbocycles. The first-order chi connectivity index (χ1) is 8.70. The van der Waals surface area contributed by atoms with Crippen molar-refractivity contribution in [2.45, 2.75) is 32.4 Å². The lowest BCUT2D eigenvalue weighted by Gasteiger charge is -2.10. The van der Waals surface area contributed by atoms with Crippen molar-refractivity contribution in [3.8, 4) is 11.4 Å². The third-order valence-electron chi connectivity index (χ3n) is 3.30. The van der Waals surface area contributed by atoms with Crippen LogP contribution in [0, 0.1) is 6.92 Å². The van der Waals surface area contributed by atoms with Gasteiger partial charge in [0.1, 0.15) is 5.82 Å². The van der Waals surface area contributed by atoms with Crippen molar-refractivity contribution < 1.29 is 0 Å². The molecule has 5 heteroatoms. The fourth-order valence-electron chi connectivity index (χ4n) is 2.20. The molecule has 1 aliphatic rings. The predicted molar refractivity (Wildman–Crippen MR) is 74.1 cm³/mol. The van der Waals surface area contributed by atoms with Crippen molar-refractivity contribution in [3.05, 3.63) is 34.1 Å². The molecular formula is C13H15BrN4. The molecule has 0 saturated heterocycles. The molecule has 0 aliphatic heterocycles. The quantitative estimate of drug-likeness (QED) is 0.948. The Morgan fingerprint density at radius 1 is 1.39 bits per heavy atom. The maximum Gasteiger partial charge on any atom is 0.164 e. The molecule has 94 valence electrons. The maximum absolute atomic E-state index is 5.74. The Labute approximate surface area is 114 Å². The highest BCUT2D eigenvalue weighted by atomic mass is 79.9. The monoisotopic (exact) mass is 306 g/mol. The summed E-state index contributed by atoms with van der Waals surface area (Å²) >= 11 is 3.51. The van der Waals surface area contributed by atoms with Gasteiger partial charge >= 0.3 is 0 Å². The van der Waals surface area contributed by atoms with Gasteiger partial charge in [0.05, 0.1) is 6.54 Å². The van der Waals surface area contributed by atoms with Crippen LogP contribution in [-0.4, -0.2) is 14.8 Å². The highest BCUT2D eigenvalue weighted by Gasteiger charge is 2.29. The van der Waals surface area contributed by atoms with Crippen LogP contribution in [0.2, 0.25) is 0 Å². The standard InChI is InChI=1S/C13H15BrN4/c1-8-2-3-9(14)6-11(8)13-17-16-12(7-15)18(13)10-4-5-10/h2-3,6,10H,4-5,7,15H2,1H3. The zero-order valence-electron chi connectivity index (χ0n) is 10.2. The van der Waals surface area contributed by atoms with Crippen LogP contribution in [0.4, 0.5) is 0 Å². The first-order valence-electron chi connectivity index (χ1n) is 6.11. The second-order valence-electron chi connectivity index (χ2n) is 4.70. The SMILES string of the molecule is Cc1ccc(Br)cc1-c1nnc(CN)n1C1CC1. The van der Waals surface area contributed by atoms with Crippen LogP contribution in [0.15, 0.2) is 22.7 Å². The Kier molecular flexibility index (Phi) is 2.95. The summed E-state index contributed by atoms with van der Waals surface area (Å²) in [6.07, 6.45) is 2.40. The number of nitrogens with two attached hydrogens (primary N) is 1. The van der Waals surface area contributed by atoms with E-state index in [0.29, 0.717) is 12.6 Å². The van der Waals surface area contributed by atoms with Crippen LogP contribution in [0.3, 0.4) is 0 Å². The van der Waals surface area contributed by atoms with Crippen molar-refractivity contribution in [3.63, 3.8) is 0 Å². The van der Waals surface area contributed by atoms with Crippen molar-refractivity contribution in [1.29, 1.82) is 0 Å². The lowest BCUT2D eigenvalue weighted by Crippen LogP contribution is -2.08. The van der Waals surface area contributed by atoms with Gasteiger partial charge in [-0.1, -0.05) is 22.0 Å². The maximum atomic E-state index is 5.74. The predicted octanol–water partition coefficient (Wildman–Crippen LogP) is 2.81. The van der Waals surface area contributed by atoms with Crippen LogP contribution in [0.25, 0.3) is 11.4 Å². The second kappa shape index (κ2) is 4.48. The molecule has 1 aromatic heterocycles. The Balaban J connectivity index is 2.16. The Bertz CT molecular complexity index is 587. The minimum absolute atomic E-state index is 0.441. The van der Waals surface area contributed by atoms with E-state index >= 15 is 0 Å². The van der Waals surface area contributed by atoms with E-state index in [4.69, 9.17) is 5.73 Å². The van der Waals surface area contributed by atoms with E-state index in [1.807, 2.05) is 6.07 Å². The number of aromatic nitrogens is 3. The topological polar surface area (TPSA) is 56.7 Å². The van der Waals surface area contributed by atoms with E-state index in [0.717, 1.165) is 21.7 Å². The molecule has 4 nitrogen and oxygen atoms in total. The van der Waals surface area contributed by atoms with Gasteiger partial charge in [0.15, 0.2) is 5.82 Å². The first-order valence-corrected chi connectivity index (χ1v) is 6.90.